The van der Waals surface area contributed by atoms with E-state index in [1.165, 1.54) is 4.31 Å². The second-order valence-corrected chi connectivity index (χ2v) is 7.92. The average molecular weight is 371 g/mol. The van der Waals surface area contributed by atoms with Crippen LogP contribution in [0.4, 0.5) is 11.4 Å². The maximum absolute atomic E-state index is 12.3. The molecule has 0 saturated carbocycles. The van der Waals surface area contributed by atoms with Crippen LogP contribution in [0.2, 0.25) is 0 Å². The van der Waals surface area contributed by atoms with Gasteiger partial charge in [0.2, 0.25) is 15.9 Å². The molecule has 0 radical (unpaired) electrons. The molecule has 2 aromatic rings. The molecule has 0 fully saturated rings. The highest BCUT2D eigenvalue weighted by atomic mass is 32.2. The van der Waals surface area contributed by atoms with Crippen LogP contribution >= 0.6 is 0 Å². The van der Waals surface area contributed by atoms with E-state index in [-0.39, 0.29) is 18.9 Å². The molecule has 0 heterocycles. The number of benzene rings is 2. The number of aryl methyl sites for hydroxylation is 1. The number of nitriles is 1. The topological polar surface area (TPSA) is 90.3 Å². The summed E-state index contributed by atoms with van der Waals surface area (Å²) in [4.78, 5) is 12.3. The van der Waals surface area contributed by atoms with Gasteiger partial charge in [-0.3, -0.25) is 9.10 Å². The number of amides is 1. The Morgan fingerprint density at radius 3 is 2.50 bits per heavy atom. The summed E-state index contributed by atoms with van der Waals surface area (Å²) < 4.78 is 25.7. The van der Waals surface area contributed by atoms with E-state index in [1.807, 2.05) is 26.0 Å². The van der Waals surface area contributed by atoms with Gasteiger partial charge in [-0.25, -0.2) is 8.42 Å². The molecule has 0 atom stereocenters. The van der Waals surface area contributed by atoms with Crippen molar-refractivity contribution in [2.24, 2.45) is 0 Å². The number of carbonyl (C=O) groups excluding carboxylic acids is 1. The summed E-state index contributed by atoms with van der Waals surface area (Å²) in [5.41, 5.74) is 3.17. The molecule has 0 saturated heterocycles. The van der Waals surface area contributed by atoms with Crippen LogP contribution in [0.1, 0.15) is 23.1 Å². The molecule has 2 aromatic carbocycles. The summed E-state index contributed by atoms with van der Waals surface area (Å²) in [6.07, 6.45) is 1.10. The van der Waals surface area contributed by atoms with Crippen molar-refractivity contribution in [1.82, 2.24) is 0 Å². The third-order valence-electron chi connectivity index (χ3n) is 4.11. The molecular weight excluding hydrogens is 350 g/mol. The van der Waals surface area contributed by atoms with Crippen LogP contribution in [0.15, 0.2) is 42.5 Å². The second kappa shape index (κ2) is 8.02. The van der Waals surface area contributed by atoms with Crippen molar-refractivity contribution in [3.05, 3.63) is 59.2 Å². The van der Waals surface area contributed by atoms with Gasteiger partial charge >= 0.3 is 0 Å². The lowest BCUT2D eigenvalue weighted by Crippen LogP contribution is -2.33. The lowest BCUT2D eigenvalue weighted by Gasteiger charge is -2.24. The first kappa shape index (κ1) is 19.5. The lowest BCUT2D eigenvalue weighted by atomic mass is 10.1. The standard InChI is InChI=1S/C19H21N3O3S/c1-14-7-6-10-18(15(14)2)22(26(3,24)25)12-11-19(23)21-17-9-5-4-8-16(17)13-20/h4-10H,11-12H2,1-3H3,(H,21,23). The van der Waals surface area contributed by atoms with E-state index < -0.39 is 10.0 Å². The van der Waals surface area contributed by atoms with Crippen molar-refractivity contribution >= 4 is 27.3 Å². The minimum absolute atomic E-state index is 0.0175. The van der Waals surface area contributed by atoms with E-state index >= 15 is 0 Å². The summed E-state index contributed by atoms with van der Waals surface area (Å²) in [6, 6.07) is 14.1. The molecular formula is C19H21N3O3S. The molecule has 2 rings (SSSR count). The van der Waals surface area contributed by atoms with Crippen molar-refractivity contribution in [3.63, 3.8) is 0 Å². The summed E-state index contributed by atoms with van der Waals surface area (Å²) in [7, 11) is -3.54. The van der Waals surface area contributed by atoms with E-state index in [0.29, 0.717) is 16.9 Å². The Morgan fingerprint density at radius 2 is 1.85 bits per heavy atom. The monoisotopic (exact) mass is 371 g/mol. The summed E-state index contributed by atoms with van der Waals surface area (Å²) >= 11 is 0. The van der Waals surface area contributed by atoms with E-state index in [1.54, 1.807) is 36.4 Å². The fourth-order valence-corrected chi connectivity index (χ4v) is 3.55. The Morgan fingerprint density at radius 1 is 1.15 bits per heavy atom. The number of nitrogens with one attached hydrogen (secondary N) is 1. The highest BCUT2D eigenvalue weighted by molar-refractivity contribution is 7.92. The van der Waals surface area contributed by atoms with Crippen LogP contribution in [0.25, 0.3) is 0 Å². The SMILES string of the molecule is Cc1cccc(N(CCC(=O)Nc2ccccc2C#N)S(C)(=O)=O)c1C. The first-order valence-corrected chi connectivity index (χ1v) is 9.91. The van der Waals surface area contributed by atoms with Gasteiger partial charge in [0.25, 0.3) is 0 Å². The van der Waals surface area contributed by atoms with E-state index in [2.05, 4.69) is 5.32 Å². The zero-order chi connectivity index (χ0) is 19.3. The molecule has 7 heteroatoms. The van der Waals surface area contributed by atoms with Crippen molar-refractivity contribution in [2.45, 2.75) is 20.3 Å². The third-order valence-corrected chi connectivity index (χ3v) is 5.29. The molecule has 6 nitrogen and oxygen atoms in total. The number of nitrogens with zero attached hydrogens (tertiary/aromatic N) is 2. The Hall–Kier alpha value is -2.85. The van der Waals surface area contributed by atoms with Gasteiger partial charge in [-0.1, -0.05) is 24.3 Å². The Bertz CT molecular complexity index is 962. The van der Waals surface area contributed by atoms with E-state index in [4.69, 9.17) is 5.26 Å². The zero-order valence-corrected chi connectivity index (χ0v) is 15.8. The quantitative estimate of drug-likeness (QED) is 0.845. The predicted molar refractivity (Wildman–Crippen MR) is 103 cm³/mol. The summed E-state index contributed by atoms with van der Waals surface area (Å²) in [5, 5.41) is 11.7. The fraction of sp³-hybridized carbons (Fsp3) is 0.263. The highest BCUT2D eigenvalue weighted by Gasteiger charge is 2.21. The summed E-state index contributed by atoms with van der Waals surface area (Å²) in [5.74, 6) is -0.355. The van der Waals surface area contributed by atoms with Crippen LogP contribution in [0.3, 0.4) is 0 Å². The van der Waals surface area contributed by atoms with Gasteiger partial charge in [-0.2, -0.15) is 5.26 Å². The van der Waals surface area contributed by atoms with Crippen molar-refractivity contribution < 1.29 is 13.2 Å². The number of sulfonamides is 1. The minimum atomic E-state index is -3.54. The number of rotatable bonds is 6. The van der Waals surface area contributed by atoms with Crippen molar-refractivity contribution in [3.8, 4) is 6.07 Å². The van der Waals surface area contributed by atoms with Gasteiger partial charge < -0.3 is 5.32 Å². The van der Waals surface area contributed by atoms with Gasteiger partial charge in [0.15, 0.2) is 0 Å². The molecule has 0 aliphatic rings. The number of carbonyl (C=O) groups is 1. The number of hydrogen-bond acceptors (Lipinski definition) is 4. The molecule has 1 N–H and O–H groups in total. The zero-order valence-electron chi connectivity index (χ0n) is 15.0. The van der Waals surface area contributed by atoms with Crippen molar-refractivity contribution in [2.75, 3.05) is 22.4 Å². The molecule has 0 unspecified atom stereocenters. The fourth-order valence-electron chi connectivity index (χ4n) is 2.58. The first-order chi connectivity index (χ1) is 12.2. The second-order valence-electron chi connectivity index (χ2n) is 6.01. The normalized spacial score (nSPS) is 10.8. The Labute approximate surface area is 154 Å². The molecule has 1 amide bonds. The molecule has 26 heavy (non-hydrogen) atoms. The smallest absolute Gasteiger partial charge is 0.232 e. The average Bonchev–Trinajstić information content (AvgIpc) is 2.58. The van der Waals surface area contributed by atoms with Gasteiger partial charge in [0.1, 0.15) is 6.07 Å². The third kappa shape index (κ3) is 4.61. The predicted octanol–water partition coefficient (Wildman–Crippen LogP) is 2.97. The highest BCUT2D eigenvalue weighted by Crippen LogP contribution is 2.25. The van der Waals surface area contributed by atoms with E-state index in [0.717, 1.165) is 17.4 Å². The lowest BCUT2D eigenvalue weighted by molar-refractivity contribution is -0.116. The summed E-state index contributed by atoms with van der Waals surface area (Å²) in [6.45, 7) is 3.78. The van der Waals surface area contributed by atoms with Crippen LogP contribution < -0.4 is 9.62 Å². The number of para-hydroxylation sites is 1. The van der Waals surface area contributed by atoms with Gasteiger partial charge in [-0.05, 0) is 43.2 Å². The van der Waals surface area contributed by atoms with E-state index in [9.17, 15) is 13.2 Å². The van der Waals surface area contributed by atoms with Crippen LogP contribution in [-0.2, 0) is 14.8 Å². The molecule has 0 aromatic heterocycles. The molecule has 0 bridgehead atoms. The van der Waals surface area contributed by atoms with Gasteiger partial charge in [0, 0.05) is 13.0 Å². The van der Waals surface area contributed by atoms with Crippen molar-refractivity contribution in [1.29, 1.82) is 5.26 Å². The van der Waals surface area contributed by atoms with Gasteiger partial charge in [-0.15, -0.1) is 0 Å². The van der Waals surface area contributed by atoms with Crippen LogP contribution in [0.5, 0.6) is 0 Å². The largest absolute Gasteiger partial charge is 0.325 e. The first-order valence-electron chi connectivity index (χ1n) is 8.07. The van der Waals surface area contributed by atoms with Gasteiger partial charge in [0.05, 0.1) is 23.2 Å². The number of hydrogen-bond donors (Lipinski definition) is 1. The Kier molecular flexibility index (Phi) is 6.01. The van der Waals surface area contributed by atoms with Crippen LogP contribution in [0, 0.1) is 25.2 Å². The maximum atomic E-state index is 12.3. The molecule has 0 spiro atoms. The minimum Gasteiger partial charge on any atom is -0.325 e. The number of anilines is 2. The maximum Gasteiger partial charge on any atom is 0.232 e. The van der Waals surface area contributed by atoms with Crippen LogP contribution in [-0.4, -0.2) is 27.1 Å². The molecule has 0 aliphatic carbocycles. The Balaban J connectivity index is 2.17. The molecule has 0 aliphatic heterocycles. The molecule has 136 valence electrons.